The van der Waals surface area contributed by atoms with Gasteiger partial charge < -0.3 is 5.32 Å². The minimum Gasteiger partial charge on any atom is -0.346 e. The highest BCUT2D eigenvalue weighted by atomic mass is 79.9. The maximum atomic E-state index is 13.7. The molecule has 0 heterocycles. The number of carbonyl (C=O) groups excluding carboxylic acids is 1. The van der Waals surface area contributed by atoms with E-state index < -0.39 is 17.3 Å². The van der Waals surface area contributed by atoms with Crippen molar-refractivity contribution in [2.45, 2.75) is 31.1 Å². The van der Waals surface area contributed by atoms with Gasteiger partial charge in [-0.1, -0.05) is 28.9 Å². The van der Waals surface area contributed by atoms with Gasteiger partial charge in [0, 0.05) is 10.4 Å². The van der Waals surface area contributed by atoms with Crippen LogP contribution in [0.4, 0.5) is 4.39 Å². The van der Waals surface area contributed by atoms with E-state index in [4.69, 9.17) is 0 Å². The first-order chi connectivity index (χ1) is 7.75. The van der Waals surface area contributed by atoms with Crippen molar-refractivity contribution in [1.82, 2.24) is 5.32 Å². The van der Waals surface area contributed by atoms with Crippen LogP contribution in [0.25, 0.3) is 0 Å². The second kappa shape index (κ2) is 5.48. The molecule has 94 valence electrons. The molecule has 0 aliphatic rings. The van der Waals surface area contributed by atoms with E-state index in [-0.39, 0.29) is 14.9 Å². The molecule has 0 aliphatic heterocycles. The second-order valence-electron chi connectivity index (χ2n) is 4.39. The van der Waals surface area contributed by atoms with E-state index in [0.29, 0.717) is 0 Å². The molecule has 2 nitrogen and oxygen atoms in total. The fraction of sp³-hybridized carbons (Fsp3) is 0.417. The molecule has 0 fully saturated rings. The van der Waals surface area contributed by atoms with Crippen LogP contribution in [-0.4, -0.2) is 16.3 Å². The number of hydrogen-bond donors (Lipinski definition) is 1. The van der Waals surface area contributed by atoms with Crippen LogP contribution in [0.3, 0.4) is 0 Å². The molecule has 1 amide bonds. The Morgan fingerprint density at radius 3 is 2.59 bits per heavy atom. The third-order valence-electron chi connectivity index (χ3n) is 2.63. The molecule has 0 aromatic heterocycles. The number of benzene rings is 1. The van der Waals surface area contributed by atoms with E-state index in [1.807, 2.05) is 20.8 Å². The lowest BCUT2D eigenvalue weighted by Crippen LogP contribution is -2.49. The number of carbonyl (C=O) groups is 1. The van der Waals surface area contributed by atoms with Crippen molar-refractivity contribution in [3.63, 3.8) is 0 Å². The smallest absolute Gasteiger partial charge is 0.254 e. The summed E-state index contributed by atoms with van der Waals surface area (Å²) in [7, 11) is 0. The van der Waals surface area contributed by atoms with Crippen LogP contribution in [0.1, 0.15) is 31.1 Å². The molecule has 0 radical (unpaired) electrons. The van der Waals surface area contributed by atoms with Crippen molar-refractivity contribution in [2.75, 3.05) is 0 Å². The Morgan fingerprint density at radius 1 is 1.47 bits per heavy atom. The second-order valence-corrected chi connectivity index (χ2v) is 6.62. The van der Waals surface area contributed by atoms with E-state index >= 15 is 0 Å². The van der Waals surface area contributed by atoms with Gasteiger partial charge in [-0.3, -0.25) is 4.79 Å². The maximum absolute atomic E-state index is 13.7. The van der Waals surface area contributed by atoms with Crippen LogP contribution in [0.15, 0.2) is 22.7 Å². The van der Waals surface area contributed by atoms with Crippen molar-refractivity contribution in [2.24, 2.45) is 0 Å². The first kappa shape index (κ1) is 14.6. The molecule has 0 saturated carbocycles. The van der Waals surface area contributed by atoms with Gasteiger partial charge in [-0.2, -0.15) is 0 Å². The van der Waals surface area contributed by atoms with Gasteiger partial charge in [0.15, 0.2) is 0 Å². The van der Waals surface area contributed by atoms with Crippen molar-refractivity contribution in [3.8, 4) is 0 Å². The molecule has 1 aromatic rings. The molecule has 17 heavy (non-hydrogen) atoms. The number of rotatable bonds is 3. The molecule has 1 N–H and O–H groups in total. The third kappa shape index (κ3) is 3.52. The van der Waals surface area contributed by atoms with Crippen LogP contribution < -0.4 is 5.32 Å². The zero-order chi connectivity index (χ0) is 13.2. The Morgan fingerprint density at radius 2 is 2.06 bits per heavy atom. The van der Waals surface area contributed by atoms with Crippen LogP contribution >= 0.6 is 31.9 Å². The number of alkyl halides is 1. The Balaban J connectivity index is 2.95. The van der Waals surface area contributed by atoms with Crippen LogP contribution in [0.2, 0.25) is 0 Å². The first-order valence-electron chi connectivity index (χ1n) is 5.16. The molecule has 0 saturated heterocycles. The molecule has 5 heteroatoms. The highest BCUT2D eigenvalue weighted by Crippen LogP contribution is 2.21. The van der Waals surface area contributed by atoms with Crippen LogP contribution in [0.5, 0.6) is 0 Å². The molecule has 0 bridgehead atoms. The highest BCUT2D eigenvalue weighted by molar-refractivity contribution is 9.10. The molecular weight excluding hydrogens is 353 g/mol. The van der Waals surface area contributed by atoms with Crippen molar-refractivity contribution in [1.29, 1.82) is 0 Å². The molecular formula is C12H14Br2FNO. The largest absolute Gasteiger partial charge is 0.346 e. The average molecular weight is 367 g/mol. The summed E-state index contributed by atoms with van der Waals surface area (Å²) in [5.41, 5.74) is -0.410. The summed E-state index contributed by atoms with van der Waals surface area (Å²) < 4.78 is 14.0. The van der Waals surface area contributed by atoms with Gasteiger partial charge in [0.2, 0.25) is 0 Å². The SMILES string of the molecule is CC(Br)C(C)(C)NC(=O)c1cccc(Br)c1F. The van der Waals surface area contributed by atoms with Gasteiger partial charge in [0.1, 0.15) is 5.82 Å². The summed E-state index contributed by atoms with van der Waals surface area (Å²) in [5, 5.41) is 2.79. The maximum Gasteiger partial charge on any atom is 0.254 e. The average Bonchev–Trinajstić information content (AvgIpc) is 2.21. The Kier molecular flexibility index (Phi) is 4.72. The zero-order valence-electron chi connectivity index (χ0n) is 9.85. The number of amides is 1. The number of halogens is 3. The quantitative estimate of drug-likeness (QED) is 0.808. The highest BCUT2D eigenvalue weighted by Gasteiger charge is 2.27. The van der Waals surface area contributed by atoms with Gasteiger partial charge in [-0.15, -0.1) is 0 Å². The van der Waals surface area contributed by atoms with Crippen LogP contribution in [-0.2, 0) is 0 Å². The number of nitrogens with one attached hydrogen (secondary N) is 1. The lowest BCUT2D eigenvalue weighted by molar-refractivity contribution is 0.0909. The summed E-state index contributed by atoms with van der Waals surface area (Å²) >= 11 is 6.47. The lowest BCUT2D eigenvalue weighted by atomic mass is 10.0. The zero-order valence-corrected chi connectivity index (χ0v) is 13.0. The van der Waals surface area contributed by atoms with Gasteiger partial charge in [-0.25, -0.2) is 4.39 Å². The van der Waals surface area contributed by atoms with Gasteiger partial charge in [-0.05, 0) is 41.9 Å². The fourth-order valence-corrected chi connectivity index (χ4v) is 1.62. The van der Waals surface area contributed by atoms with E-state index in [0.717, 1.165) is 0 Å². The standard InChI is InChI=1S/C12H14Br2FNO/c1-7(13)12(2,3)16-11(17)8-5-4-6-9(14)10(8)15/h4-7H,1-3H3,(H,16,17). The van der Waals surface area contributed by atoms with E-state index in [1.165, 1.54) is 6.07 Å². The van der Waals surface area contributed by atoms with Crippen molar-refractivity contribution < 1.29 is 9.18 Å². The summed E-state index contributed by atoms with van der Waals surface area (Å²) in [6.07, 6.45) is 0. The van der Waals surface area contributed by atoms with Gasteiger partial charge in [0.25, 0.3) is 5.91 Å². The molecule has 0 aliphatic carbocycles. The molecule has 1 unspecified atom stereocenters. The molecule has 1 atom stereocenters. The summed E-state index contributed by atoms with van der Waals surface area (Å²) in [6, 6.07) is 4.65. The van der Waals surface area contributed by atoms with E-state index in [9.17, 15) is 9.18 Å². The van der Waals surface area contributed by atoms with Gasteiger partial charge >= 0.3 is 0 Å². The van der Waals surface area contributed by atoms with Crippen LogP contribution in [0, 0.1) is 5.82 Å². The normalized spacial score (nSPS) is 13.3. The Bertz CT molecular complexity index is 433. The first-order valence-corrected chi connectivity index (χ1v) is 6.87. The Hall–Kier alpha value is -0.420. The molecule has 0 spiro atoms. The third-order valence-corrected chi connectivity index (χ3v) is 4.38. The summed E-state index contributed by atoms with van der Waals surface area (Å²) in [4.78, 5) is 12.0. The van der Waals surface area contributed by atoms with Crippen molar-refractivity contribution in [3.05, 3.63) is 34.1 Å². The minimum atomic E-state index is -0.539. The predicted octanol–water partition coefficient (Wildman–Crippen LogP) is 3.88. The van der Waals surface area contributed by atoms with Crippen molar-refractivity contribution >= 4 is 37.8 Å². The van der Waals surface area contributed by atoms with Gasteiger partial charge in [0.05, 0.1) is 10.0 Å². The predicted molar refractivity (Wildman–Crippen MR) is 74.0 cm³/mol. The number of hydrogen-bond acceptors (Lipinski definition) is 1. The monoisotopic (exact) mass is 365 g/mol. The summed E-state index contributed by atoms with van der Waals surface area (Å²) in [6.45, 7) is 5.68. The lowest BCUT2D eigenvalue weighted by Gasteiger charge is -2.29. The van der Waals surface area contributed by atoms with E-state index in [2.05, 4.69) is 37.2 Å². The molecule has 1 rings (SSSR count). The minimum absolute atomic E-state index is 0.0422. The molecule has 1 aromatic carbocycles. The fourth-order valence-electron chi connectivity index (χ4n) is 1.14. The van der Waals surface area contributed by atoms with E-state index in [1.54, 1.807) is 12.1 Å². The topological polar surface area (TPSA) is 29.1 Å². The Labute approximate surface area is 117 Å². The summed E-state index contributed by atoms with van der Waals surface area (Å²) in [5.74, 6) is -0.955.